The van der Waals surface area contributed by atoms with Crippen LogP contribution in [-0.4, -0.2) is 11.6 Å². The number of ether oxygens (including phenoxy) is 2. The zero-order valence-corrected chi connectivity index (χ0v) is 21.1. The van der Waals surface area contributed by atoms with E-state index in [9.17, 15) is 20.1 Å². The minimum absolute atomic E-state index is 0.000920. The van der Waals surface area contributed by atoms with Crippen LogP contribution in [0.4, 0.5) is 0 Å². The highest BCUT2D eigenvalue weighted by Gasteiger charge is 2.21. The molecule has 0 heterocycles. The van der Waals surface area contributed by atoms with Crippen molar-refractivity contribution in [2.24, 2.45) is 0 Å². The first kappa shape index (κ1) is 25.7. The predicted molar refractivity (Wildman–Crippen MR) is 149 cm³/mol. The molecule has 0 aliphatic carbocycles. The third-order valence-electron chi connectivity index (χ3n) is 6.08. The lowest BCUT2D eigenvalue weighted by molar-refractivity contribution is 0.102. The Labute approximate surface area is 230 Å². The Morgan fingerprint density at radius 2 is 0.800 bits per heavy atom. The van der Waals surface area contributed by atoms with Crippen molar-refractivity contribution in [3.05, 3.63) is 155 Å². The van der Waals surface area contributed by atoms with Gasteiger partial charge in [0.15, 0.2) is 11.6 Å². The lowest BCUT2D eigenvalue weighted by Gasteiger charge is -2.10. The van der Waals surface area contributed by atoms with Crippen LogP contribution in [0.1, 0.15) is 43.0 Å². The van der Waals surface area contributed by atoms with Crippen molar-refractivity contribution in [1.29, 1.82) is 10.5 Å². The topological polar surface area (TPSA) is 100 Å². The summed E-state index contributed by atoms with van der Waals surface area (Å²) < 4.78 is 11.5. The van der Waals surface area contributed by atoms with Crippen molar-refractivity contribution >= 4 is 11.6 Å². The van der Waals surface area contributed by atoms with Gasteiger partial charge in [0.25, 0.3) is 0 Å². The third kappa shape index (κ3) is 5.62. The number of benzene rings is 5. The predicted octanol–water partition coefficient (Wildman–Crippen LogP) is 7.48. The van der Waals surface area contributed by atoms with Crippen LogP contribution in [0.15, 0.2) is 121 Å². The maximum absolute atomic E-state index is 13.3. The van der Waals surface area contributed by atoms with E-state index >= 15 is 0 Å². The lowest BCUT2D eigenvalue weighted by atomic mass is 9.91. The van der Waals surface area contributed by atoms with Crippen molar-refractivity contribution in [2.75, 3.05) is 0 Å². The standard InChI is InChI=1S/C34H20N2O4/c35-21-25-20-32(34(38)24-13-17-30(18-14-24)40-28-9-5-2-6-10-28)26(22-36)19-31(25)33(37)23-11-15-29(16-12-23)39-27-7-3-1-4-8-27/h1-20H. The second-order valence-electron chi connectivity index (χ2n) is 8.70. The smallest absolute Gasteiger partial charge is 0.194 e. The Morgan fingerprint density at radius 3 is 1.12 bits per heavy atom. The maximum Gasteiger partial charge on any atom is 0.194 e. The van der Waals surface area contributed by atoms with Crippen molar-refractivity contribution in [2.45, 2.75) is 0 Å². The summed E-state index contributed by atoms with van der Waals surface area (Å²) in [5.41, 5.74) is 0.711. The number of para-hydroxylation sites is 2. The average Bonchev–Trinajstić information content (AvgIpc) is 3.01. The molecule has 0 amide bonds. The Kier molecular flexibility index (Phi) is 7.44. The van der Waals surface area contributed by atoms with Crippen LogP contribution in [0, 0.1) is 22.7 Å². The molecule has 0 saturated carbocycles. The summed E-state index contributed by atoms with van der Waals surface area (Å²) >= 11 is 0. The summed E-state index contributed by atoms with van der Waals surface area (Å²) in [6, 6.07) is 38.0. The Morgan fingerprint density at radius 1 is 0.475 bits per heavy atom. The summed E-state index contributed by atoms with van der Waals surface area (Å²) in [5, 5.41) is 19.6. The average molecular weight is 521 g/mol. The number of hydrogen-bond donors (Lipinski definition) is 0. The van der Waals surface area contributed by atoms with E-state index in [1.165, 1.54) is 12.1 Å². The molecule has 0 N–H and O–H groups in total. The molecule has 0 atom stereocenters. The number of nitriles is 2. The molecule has 0 saturated heterocycles. The van der Waals surface area contributed by atoms with E-state index in [0.29, 0.717) is 34.1 Å². The van der Waals surface area contributed by atoms with Gasteiger partial charge in [0.05, 0.1) is 23.3 Å². The Hall–Kier alpha value is -5.98. The highest BCUT2D eigenvalue weighted by atomic mass is 16.5. The van der Waals surface area contributed by atoms with E-state index in [1.54, 1.807) is 48.5 Å². The quantitative estimate of drug-likeness (QED) is 0.197. The summed E-state index contributed by atoms with van der Waals surface area (Å²) in [5.74, 6) is 1.52. The van der Waals surface area contributed by atoms with Gasteiger partial charge in [0.1, 0.15) is 23.0 Å². The SMILES string of the molecule is N#Cc1cc(C(=O)c2ccc(Oc3ccccc3)cc2)c(C#N)cc1C(=O)c1ccc(Oc2ccccc2)cc1. The van der Waals surface area contributed by atoms with Gasteiger partial charge in [-0.3, -0.25) is 9.59 Å². The van der Waals surface area contributed by atoms with Crippen LogP contribution in [0.5, 0.6) is 23.0 Å². The van der Waals surface area contributed by atoms with E-state index in [1.807, 2.05) is 72.8 Å². The van der Waals surface area contributed by atoms with E-state index in [2.05, 4.69) is 0 Å². The maximum atomic E-state index is 13.3. The molecule has 0 radical (unpaired) electrons. The first-order valence-corrected chi connectivity index (χ1v) is 12.3. The molecular formula is C34H20N2O4. The molecule has 5 aromatic rings. The molecule has 190 valence electrons. The summed E-state index contributed by atoms with van der Waals surface area (Å²) in [6.45, 7) is 0. The molecule has 40 heavy (non-hydrogen) atoms. The van der Waals surface area contributed by atoms with Crippen LogP contribution in [0.25, 0.3) is 0 Å². The first-order valence-electron chi connectivity index (χ1n) is 12.3. The summed E-state index contributed by atoms with van der Waals surface area (Å²) in [7, 11) is 0. The van der Waals surface area contributed by atoms with E-state index in [0.717, 1.165) is 0 Å². The second kappa shape index (κ2) is 11.6. The van der Waals surface area contributed by atoms with E-state index in [-0.39, 0.29) is 22.3 Å². The Balaban J connectivity index is 1.38. The van der Waals surface area contributed by atoms with Crippen LogP contribution < -0.4 is 9.47 Å². The number of hydrogen-bond acceptors (Lipinski definition) is 6. The number of carbonyl (C=O) groups excluding carboxylic acids is 2. The molecule has 0 spiro atoms. The van der Waals surface area contributed by atoms with Crippen LogP contribution >= 0.6 is 0 Å². The van der Waals surface area contributed by atoms with E-state index < -0.39 is 11.6 Å². The van der Waals surface area contributed by atoms with Crippen LogP contribution in [0.2, 0.25) is 0 Å². The van der Waals surface area contributed by atoms with Gasteiger partial charge in [0, 0.05) is 22.3 Å². The number of nitrogens with zero attached hydrogens (tertiary/aromatic N) is 2. The van der Waals surface area contributed by atoms with Gasteiger partial charge in [-0.25, -0.2) is 0 Å². The largest absolute Gasteiger partial charge is 0.457 e. The first-order chi connectivity index (χ1) is 19.6. The summed E-state index contributed by atoms with van der Waals surface area (Å²) in [6.07, 6.45) is 0. The van der Waals surface area contributed by atoms with Crippen molar-refractivity contribution < 1.29 is 19.1 Å². The molecule has 5 aromatic carbocycles. The van der Waals surface area contributed by atoms with Crippen molar-refractivity contribution in [1.82, 2.24) is 0 Å². The minimum atomic E-state index is -0.444. The monoisotopic (exact) mass is 520 g/mol. The molecule has 0 aromatic heterocycles. The molecule has 6 nitrogen and oxygen atoms in total. The zero-order chi connectivity index (χ0) is 27.9. The van der Waals surface area contributed by atoms with Crippen molar-refractivity contribution in [3.63, 3.8) is 0 Å². The van der Waals surface area contributed by atoms with Gasteiger partial charge in [-0.05, 0) is 84.9 Å². The van der Waals surface area contributed by atoms with Gasteiger partial charge in [-0.1, -0.05) is 36.4 Å². The minimum Gasteiger partial charge on any atom is -0.457 e. The van der Waals surface area contributed by atoms with Gasteiger partial charge in [0.2, 0.25) is 0 Å². The molecule has 0 fully saturated rings. The molecule has 0 bridgehead atoms. The molecule has 0 unspecified atom stereocenters. The van der Waals surface area contributed by atoms with Gasteiger partial charge in [-0.15, -0.1) is 0 Å². The zero-order valence-electron chi connectivity index (χ0n) is 21.1. The van der Waals surface area contributed by atoms with E-state index in [4.69, 9.17) is 9.47 Å². The van der Waals surface area contributed by atoms with Crippen LogP contribution in [-0.2, 0) is 0 Å². The summed E-state index contributed by atoms with van der Waals surface area (Å²) in [4.78, 5) is 26.6. The number of rotatable bonds is 8. The lowest BCUT2D eigenvalue weighted by Crippen LogP contribution is -2.10. The molecular weight excluding hydrogens is 500 g/mol. The fourth-order valence-corrected chi connectivity index (χ4v) is 4.07. The molecule has 5 rings (SSSR count). The van der Waals surface area contributed by atoms with Crippen molar-refractivity contribution in [3.8, 4) is 35.1 Å². The molecule has 6 heteroatoms. The molecule has 0 aliphatic heterocycles. The van der Waals surface area contributed by atoms with Gasteiger partial charge >= 0.3 is 0 Å². The van der Waals surface area contributed by atoms with Gasteiger partial charge in [-0.2, -0.15) is 10.5 Å². The van der Waals surface area contributed by atoms with Gasteiger partial charge < -0.3 is 9.47 Å². The fraction of sp³-hybridized carbons (Fsp3) is 0. The highest BCUT2D eigenvalue weighted by molar-refractivity contribution is 6.14. The highest BCUT2D eigenvalue weighted by Crippen LogP contribution is 2.26. The number of ketones is 2. The third-order valence-corrected chi connectivity index (χ3v) is 6.08. The Bertz CT molecular complexity index is 1630. The normalized spacial score (nSPS) is 10.2. The van der Waals surface area contributed by atoms with Crippen LogP contribution in [0.3, 0.4) is 0 Å². The number of carbonyl (C=O) groups is 2. The fourth-order valence-electron chi connectivity index (χ4n) is 4.07. The second-order valence-corrected chi connectivity index (χ2v) is 8.70. The molecule has 0 aliphatic rings.